The molecule has 3 aliphatic heterocycles. The normalized spacial score (nSPS) is 24.4. The Labute approximate surface area is 200 Å². The Morgan fingerprint density at radius 1 is 1.12 bits per heavy atom. The number of carbonyl (C=O) groups excluding carboxylic acids is 1. The number of hydrogen-bond acceptors (Lipinski definition) is 6. The van der Waals surface area contributed by atoms with E-state index in [0.717, 1.165) is 48.1 Å². The molecule has 4 heterocycles. The second-order valence-electron chi connectivity index (χ2n) is 9.08. The first kappa shape index (κ1) is 22.4. The van der Waals surface area contributed by atoms with E-state index in [-0.39, 0.29) is 12.0 Å². The summed E-state index contributed by atoms with van der Waals surface area (Å²) in [5, 5.41) is 0.942. The van der Waals surface area contributed by atoms with Crippen LogP contribution in [0.4, 0.5) is 0 Å². The number of ether oxygens (including phenoxy) is 3. The number of aromatic nitrogens is 1. The van der Waals surface area contributed by atoms with Crippen LogP contribution in [0.3, 0.4) is 0 Å². The fourth-order valence-corrected chi connectivity index (χ4v) is 5.47. The van der Waals surface area contributed by atoms with Gasteiger partial charge in [-0.3, -0.25) is 9.88 Å². The highest BCUT2D eigenvalue weighted by molar-refractivity contribution is 5.90. The molecular weight excluding hydrogens is 428 g/mol. The predicted molar refractivity (Wildman–Crippen MR) is 131 cm³/mol. The van der Waals surface area contributed by atoms with Crippen LogP contribution in [0.2, 0.25) is 0 Å². The van der Waals surface area contributed by atoms with Gasteiger partial charge in [0, 0.05) is 23.7 Å². The molecule has 0 radical (unpaired) electrons. The van der Waals surface area contributed by atoms with Crippen LogP contribution in [0, 0.1) is 11.8 Å². The van der Waals surface area contributed by atoms with E-state index >= 15 is 0 Å². The SMILES string of the molecule is C=C[C@H]1CN2CC[C@H]1C[C@@H]2[C@H](OC(=O)c1ccc(OC)cc1)c1ccnc2ccc(OC)cc12. The van der Waals surface area contributed by atoms with Crippen molar-refractivity contribution in [3.8, 4) is 11.5 Å². The lowest BCUT2D eigenvalue weighted by Crippen LogP contribution is -2.55. The van der Waals surface area contributed by atoms with Crippen molar-refractivity contribution in [2.75, 3.05) is 27.3 Å². The molecule has 3 aromatic rings. The molecule has 6 nitrogen and oxygen atoms in total. The lowest BCUT2D eigenvalue weighted by atomic mass is 9.73. The average molecular weight is 459 g/mol. The zero-order valence-corrected chi connectivity index (χ0v) is 19.6. The Hall–Kier alpha value is -3.38. The van der Waals surface area contributed by atoms with E-state index < -0.39 is 6.10 Å². The van der Waals surface area contributed by atoms with Crippen molar-refractivity contribution in [2.24, 2.45) is 11.8 Å². The van der Waals surface area contributed by atoms with E-state index in [1.54, 1.807) is 44.7 Å². The number of carbonyl (C=O) groups is 1. The summed E-state index contributed by atoms with van der Waals surface area (Å²) in [5.41, 5.74) is 2.31. The van der Waals surface area contributed by atoms with Crippen molar-refractivity contribution in [3.63, 3.8) is 0 Å². The van der Waals surface area contributed by atoms with Crippen LogP contribution < -0.4 is 9.47 Å². The van der Waals surface area contributed by atoms with Crippen LogP contribution in [0.25, 0.3) is 10.9 Å². The monoisotopic (exact) mass is 458 g/mol. The molecule has 3 saturated heterocycles. The molecule has 3 fully saturated rings. The first-order valence-electron chi connectivity index (χ1n) is 11.8. The molecule has 5 atom stereocenters. The van der Waals surface area contributed by atoms with E-state index in [2.05, 4.69) is 22.5 Å². The van der Waals surface area contributed by atoms with Gasteiger partial charge in [0.1, 0.15) is 17.6 Å². The van der Waals surface area contributed by atoms with E-state index in [1.165, 1.54) is 0 Å². The van der Waals surface area contributed by atoms with Gasteiger partial charge in [-0.15, -0.1) is 6.58 Å². The van der Waals surface area contributed by atoms with E-state index in [4.69, 9.17) is 14.2 Å². The van der Waals surface area contributed by atoms with Gasteiger partial charge in [0.05, 0.1) is 31.3 Å². The topological polar surface area (TPSA) is 60.9 Å². The van der Waals surface area contributed by atoms with E-state index in [9.17, 15) is 4.79 Å². The molecule has 0 aliphatic carbocycles. The van der Waals surface area contributed by atoms with Crippen LogP contribution in [-0.4, -0.2) is 49.2 Å². The molecule has 0 N–H and O–H groups in total. The molecule has 176 valence electrons. The summed E-state index contributed by atoms with van der Waals surface area (Å²) in [6.07, 6.45) is 5.56. The Morgan fingerprint density at radius 2 is 1.88 bits per heavy atom. The van der Waals surface area contributed by atoms with Crippen LogP contribution in [0.15, 0.2) is 67.4 Å². The Balaban J connectivity index is 1.54. The van der Waals surface area contributed by atoms with Gasteiger partial charge in [0.15, 0.2) is 0 Å². The van der Waals surface area contributed by atoms with Crippen LogP contribution in [0.5, 0.6) is 11.5 Å². The third kappa shape index (κ3) is 4.14. The summed E-state index contributed by atoms with van der Waals surface area (Å²) in [5.74, 6) is 2.14. The van der Waals surface area contributed by atoms with Crippen molar-refractivity contribution >= 4 is 16.9 Å². The minimum Gasteiger partial charge on any atom is -0.497 e. The van der Waals surface area contributed by atoms with E-state index in [0.29, 0.717) is 23.1 Å². The smallest absolute Gasteiger partial charge is 0.338 e. The maximum absolute atomic E-state index is 13.3. The summed E-state index contributed by atoms with van der Waals surface area (Å²) in [4.78, 5) is 20.3. The number of methoxy groups -OCH3 is 2. The molecule has 0 amide bonds. The van der Waals surface area contributed by atoms with Gasteiger partial charge in [0.2, 0.25) is 0 Å². The van der Waals surface area contributed by atoms with Crippen molar-refractivity contribution in [1.82, 2.24) is 9.88 Å². The highest BCUT2D eigenvalue weighted by Gasteiger charge is 2.44. The highest BCUT2D eigenvalue weighted by Crippen LogP contribution is 2.44. The quantitative estimate of drug-likeness (QED) is 0.365. The Morgan fingerprint density at radius 3 is 2.56 bits per heavy atom. The lowest BCUT2D eigenvalue weighted by molar-refractivity contribution is -0.0568. The first-order chi connectivity index (χ1) is 16.6. The molecule has 2 bridgehead atoms. The fraction of sp³-hybridized carbons (Fsp3) is 0.357. The molecule has 3 aliphatic rings. The third-order valence-corrected chi connectivity index (χ3v) is 7.35. The molecule has 2 aromatic carbocycles. The largest absolute Gasteiger partial charge is 0.497 e. The summed E-state index contributed by atoms with van der Waals surface area (Å²) >= 11 is 0. The highest BCUT2D eigenvalue weighted by atomic mass is 16.5. The molecule has 0 saturated carbocycles. The number of fused-ring (bicyclic) bond motifs is 4. The molecule has 1 unspecified atom stereocenters. The Bertz CT molecular complexity index is 1190. The number of nitrogens with zero attached hydrogens (tertiary/aromatic N) is 2. The van der Waals surface area contributed by atoms with Gasteiger partial charge < -0.3 is 14.2 Å². The second kappa shape index (κ2) is 9.47. The minimum absolute atomic E-state index is 0.0916. The van der Waals surface area contributed by atoms with Crippen LogP contribution in [-0.2, 0) is 4.74 Å². The van der Waals surface area contributed by atoms with Crippen molar-refractivity contribution < 1.29 is 19.0 Å². The minimum atomic E-state index is -0.430. The average Bonchev–Trinajstić information content (AvgIpc) is 2.91. The van der Waals surface area contributed by atoms with Gasteiger partial charge in [-0.1, -0.05) is 6.08 Å². The zero-order valence-electron chi connectivity index (χ0n) is 19.6. The standard InChI is InChI=1S/C28H30N2O4/c1-4-18-17-30-14-12-20(18)15-26(30)27(34-28(31)19-5-7-21(32-2)8-6-19)23-11-13-29-25-10-9-22(33-3)16-24(23)25/h4-11,13,16,18,20,26-27H,1,12,14-15,17H2,2-3H3/t18-,20-,26+,27+/m0/s1. The summed E-state index contributed by atoms with van der Waals surface area (Å²) in [7, 11) is 3.26. The van der Waals surface area contributed by atoms with E-state index in [1.807, 2.05) is 24.3 Å². The van der Waals surface area contributed by atoms with Crippen LogP contribution >= 0.6 is 0 Å². The number of esters is 1. The fourth-order valence-electron chi connectivity index (χ4n) is 5.47. The first-order valence-corrected chi connectivity index (χ1v) is 11.8. The van der Waals surface area contributed by atoms with Gasteiger partial charge in [-0.25, -0.2) is 4.79 Å². The maximum Gasteiger partial charge on any atom is 0.338 e. The molecule has 6 rings (SSSR count). The lowest BCUT2D eigenvalue weighted by Gasteiger charge is -2.51. The number of rotatable bonds is 7. The Kier molecular flexibility index (Phi) is 6.24. The number of piperidine rings is 3. The number of benzene rings is 2. The summed E-state index contributed by atoms with van der Waals surface area (Å²) in [6.45, 7) is 6.00. The second-order valence-corrected chi connectivity index (χ2v) is 9.08. The van der Waals surface area contributed by atoms with Crippen molar-refractivity contribution in [3.05, 3.63) is 78.5 Å². The zero-order chi connectivity index (χ0) is 23.7. The summed E-state index contributed by atoms with van der Waals surface area (Å²) in [6, 6.07) is 14.9. The number of hydrogen-bond donors (Lipinski definition) is 0. The predicted octanol–water partition coefficient (Wildman–Crippen LogP) is 5.05. The molecule has 1 aromatic heterocycles. The summed E-state index contributed by atoms with van der Waals surface area (Å²) < 4.78 is 17.0. The molecule has 6 heteroatoms. The van der Waals surface area contributed by atoms with Crippen molar-refractivity contribution in [2.45, 2.75) is 25.0 Å². The number of pyridine rings is 1. The molecule has 34 heavy (non-hydrogen) atoms. The molecular formula is C28H30N2O4. The van der Waals surface area contributed by atoms with Crippen LogP contribution in [0.1, 0.15) is 34.9 Å². The third-order valence-electron chi connectivity index (χ3n) is 7.35. The molecule has 0 spiro atoms. The van der Waals surface area contributed by atoms with Gasteiger partial charge >= 0.3 is 5.97 Å². The maximum atomic E-state index is 13.3. The van der Waals surface area contributed by atoms with Crippen molar-refractivity contribution in [1.29, 1.82) is 0 Å². The van der Waals surface area contributed by atoms with Gasteiger partial charge in [-0.05, 0) is 79.8 Å². The van der Waals surface area contributed by atoms with Gasteiger partial charge in [0.25, 0.3) is 0 Å². The van der Waals surface area contributed by atoms with Gasteiger partial charge in [-0.2, -0.15) is 0 Å².